The lowest BCUT2D eigenvalue weighted by molar-refractivity contribution is -0.384. The number of hydrogen-bond donors (Lipinski definition) is 0. The average molecular weight is 287 g/mol. The molecule has 0 bridgehead atoms. The molecule has 1 saturated heterocycles. The summed E-state index contributed by atoms with van der Waals surface area (Å²) in [5.74, 6) is 0.351. The van der Waals surface area contributed by atoms with Gasteiger partial charge in [0.15, 0.2) is 0 Å². The van der Waals surface area contributed by atoms with Crippen molar-refractivity contribution in [3.05, 3.63) is 33.3 Å². The van der Waals surface area contributed by atoms with E-state index in [4.69, 9.17) is 21.1 Å². The Morgan fingerprint density at radius 3 is 2.84 bits per heavy atom. The first-order chi connectivity index (χ1) is 9.16. The molecule has 2 rings (SSSR count). The van der Waals surface area contributed by atoms with E-state index >= 15 is 0 Å². The van der Waals surface area contributed by atoms with Crippen molar-refractivity contribution in [2.24, 2.45) is 0 Å². The monoisotopic (exact) mass is 286 g/mol. The largest absolute Gasteiger partial charge is 0.490 e. The molecule has 6 nitrogen and oxygen atoms in total. The summed E-state index contributed by atoms with van der Waals surface area (Å²) < 4.78 is 10.8. The average Bonchev–Trinajstić information content (AvgIpc) is 2.42. The predicted octanol–water partition coefficient (Wildman–Crippen LogP) is 1.96. The van der Waals surface area contributed by atoms with Crippen molar-refractivity contribution in [1.29, 1.82) is 0 Å². The Balaban J connectivity index is 1.87. The number of ether oxygens (including phenoxy) is 2. The molecule has 0 spiro atoms. The van der Waals surface area contributed by atoms with E-state index in [9.17, 15) is 10.1 Å². The lowest BCUT2D eigenvalue weighted by Crippen LogP contribution is -2.38. The normalized spacial score (nSPS) is 16.3. The Hall–Kier alpha value is -1.37. The van der Waals surface area contributed by atoms with Gasteiger partial charge in [-0.1, -0.05) is 11.6 Å². The van der Waals surface area contributed by atoms with Gasteiger partial charge in [0.25, 0.3) is 5.69 Å². The third kappa shape index (κ3) is 4.05. The number of halogens is 1. The van der Waals surface area contributed by atoms with Crippen LogP contribution >= 0.6 is 11.6 Å². The van der Waals surface area contributed by atoms with Crippen LogP contribution in [0.5, 0.6) is 5.75 Å². The minimum Gasteiger partial charge on any atom is -0.490 e. The molecule has 104 valence electrons. The SMILES string of the molecule is O=[N+]([O-])c1ccc(Cl)c(OCCN2CCOCC2)c1. The summed E-state index contributed by atoms with van der Waals surface area (Å²) in [7, 11) is 0. The minimum absolute atomic E-state index is 0.0224. The smallest absolute Gasteiger partial charge is 0.273 e. The number of morpholine rings is 1. The molecule has 0 amide bonds. The fourth-order valence-electron chi connectivity index (χ4n) is 1.83. The molecule has 0 saturated carbocycles. The van der Waals surface area contributed by atoms with Gasteiger partial charge in [-0.3, -0.25) is 15.0 Å². The van der Waals surface area contributed by atoms with Gasteiger partial charge in [0, 0.05) is 25.7 Å². The highest BCUT2D eigenvalue weighted by Crippen LogP contribution is 2.28. The zero-order valence-corrected chi connectivity index (χ0v) is 11.1. The molecule has 1 aliphatic heterocycles. The lowest BCUT2D eigenvalue weighted by Gasteiger charge is -2.26. The molecule has 1 aromatic rings. The summed E-state index contributed by atoms with van der Waals surface area (Å²) in [5.41, 5.74) is -0.0224. The zero-order valence-electron chi connectivity index (χ0n) is 10.4. The summed E-state index contributed by atoms with van der Waals surface area (Å²) in [6.07, 6.45) is 0. The van der Waals surface area contributed by atoms with Crippen LogP contribution < -0.4 is 4.74 Å². The summed E-state index contributed by atoms with van der Waals surface area (Å²) in [6, 6.07) is 4.18. The molecule has 1 aromatic carbocycles. The van der Waals surface area contributed by atoms with Gasteiger partial charge < -0.3 is 9.47 Å². The number of non-ortho nitro benzene ring substituents is 1. The highest BCUT2D eigenvalue weighted by molar-refractivity contribution is 6.32. The van der Waals surface area contributed by atoms with E-state index in [0.29, 0.717) is 17.4 Å². The molecule has 0 radical (unpaired) electrons. The Bertz CT molecular complexity index is 449. The third-order valence-electron chi connectivity index (χ3n) is 2.89. The van der Waals surface area contributed by atoms with Gasteiger partial charge in [0.2, 0.25) is 0 Å². The number of nitro groups is 1. The van der Waals surface area contributed by atoms with Gasteiger partial charge in [-0.05, 0) is 6.07 Å². The van der Waals surface area contributed by atoms with Crippen LogP contribution in [0.3, 0.4) is 0 Å². The van der Waals surface area contributed by atoms with E-state index in [-0.39, 0.29) is 5.69 Å². The van der Waals surface area contributed by atoms with E-state index < -0.39 is 4.92 Å². The van der Waals surface area contributed by atoms with Crippen molar-refractivity contribution in [3.8, 4) is 5.75 Å². The molecule has 1 heterocycles. The Morgan fingerprint density at radius 1 is 1.42 bits per heavy atom. The van der Waals surface area contributed by atoms with E-state index in [2.05, 4.69) is 4.90 Å². The fraction of sp³-hybridized carbons (Fsp3) is 0.500. The Labute approximate surface area is 116 Å². The van der Waals surface area contributed by atoms with Crippen molar-refractivity contribution < 1.29 is 14.4 Å². The predicted molar refractivity (Wildman–Crippen MR) is 70.9 cm³/mol. The number of nitrogens with zero attached hydrogens (tertiary/aromatic N) is 2. The molecule has 0 atom stereocenters. The standard InChI is InChI=1S/C12H15ClN2O4/c13-11-2-1-10(15(16)17)9-12(11)19-8-5-14-3-6-18-7-4-14/h1-2,9H,3-8H2. The van der Waals surface area contributed by atoms with Crippen LogP contribution in [-0.4, -0.2) is 49.3 Å². The molecule has 1 fully saturated rings. The van der Waals surface area contributed by atoms with Crippen LogP contribution in [0.25, 0.3) is 0 Å². The molecule has 19 heavy (non-hydrogen) atoms. The number of nitro benzene ring substituents is 1. The second kappa shape index (κ2) is 6.70. The molecule has 0 N–H and O–H groups in total. The van der Waals surface area contributed by atoms with Crippen LogP contribution in [0.1, 0.15) is 0 Å². The van der Waals surface area contributed by atoms with Gasteiger partial charge in [0.1, 0.15) is 12.4 Å². The fourth-order valence-corrected chi connectivity index (χ4v) is 2.00. The molecular formula is C12H15ClN2O4. The lowest BCUT2D eigenvalue weighted by atomic mass is 10.3. The second-order valence-electron chi connectivity index (χ2n) is 4.17. The maximum atomic E-state index is 10.7. The topological polar surface area (TPSA) is 64.8 Å². The molecule has 7 heteroatoms. The van der Waals surface area contributed by atoms with Crippen LogP contribution in [0, 0.1) is 10.1 Å². The summed E-state index contributed by atoms with van der Waals surface area (Å²) in [4.78, 5) is 12.4. The van der Waals surface area contributed by atoms with Gasteiger partial charge in [0.05, 0.1) is 29.2 Å². The number of rotatable bonds is 5. The number of benzene rings is 1. The summed E-state index contributed by atoms with van der Waals surface area (Å²) in [6.45, 7) is 4.43. The second-order valence-corrected chi connectivity index (χ2v) is 4.58. The van der Waals surface area contributed by atoms with Gasteiger partial charge in [-0.25, -0.2) is 0 Å². The maximum Gasteiger partial charge on any atom is 0.273 e. The number of hydrogen-bond acceptors (Lipinski definition) is 5. The van der Waals surface area contributed by atoms with E-state index in [0.717, 1.165) is 32.8 Å². The van der Waals surface area contributed by atoms with E-state index in [1.165, 1.54) is 18.2 Å². The third-order valence-corrected chi connectivity index (χ3v) is 3.21. The Morgan fingerprint density at radius 2 is 2.16 bits per heavy atom. The quantitative estimate of drug-likeness (QED) is 0.611. The van der Waals surface area contributed by atoms with Crippen LogP contribution in [-0.2, 0) is 4.74 Å². The van der Waals surface area contributed by atoms with Crippen LogP contribution in [0.15, 0.2) is 18.2 Å². The van der Waals surface area contributed by atoms with E-state index in [1.54, 1.807) is 0 Å². The maximum absolute atomic E-state index is 10.7. The Kier molecular flexibility index (Phi) is 4.95. The first kappa shape index (κ1) is 14.0. The first-order valence-corrected chi connectivity index (χ1v) is 6.41. The summed E-state index contributed by atoms with van der Waals surface area (Å²) >= 11 is 5.94. The van der Waals surface area contributed by atoms with Crippen LogP contribution in [0.4, 0.5) is 5.69 Å². The van der Waals surface area contributed by atoms with Crippen molar-refractivity contribution in [3.63, 3.8) is 0 Å². The molecule has 0 aliphatic carbocycles. The van der Waals surface area contributed by atoms with Gasteiger partial charge in [-0.15, -0.1) is 0 Å². The highest BCUT2D eigenvalue weighted by Gasteiger charge is 2.13. The summed E-state index contributed by atoms with van der Waals surface area (Å²) in [5, 5.41) is 11.1. The van der Waals surface area contributed by atoms with Crippen LogP contribution in [0.2, 0.25) is 5.02 Å². The van der Waals surface area contributed by atoms with E-state index in [1.807, 2.05) is 0 Å². The molecular weight excluding hydrogens is 272 g/mol. The van der Waals surface area contributed by atoms with Gasteiger partial charge >= 0.3 is 0 Å². The molecule has 0 unspecified atom stereocenters. The van der Waals surface area contributed by atoms with Crippen molar-refractivity contribution in [2.75, 3.05) is 39.5 Å². The molecule has 0 aromatic heterocycles. The van der Waals surface area contributed by atoms with Crippen molar-refractivity contribution >= 4 is 17.3 Å². The molecule has 1 aliphatic rings. The first-order valence-electron chi connectivity index (χ1n) is 6.03. The zero-order chi connectivity index (χ0) is 13.7. The minimum atomic E-state index is -0.467. The van der Waals surface area contributed by atoms with Crippen molar-refractivity contribution in [2.45, 2.75) is 0 Å². The van der Waals surface area contributed by atoms with Crippen molar-refractivity contribution in [1.82, 2.24) is 4.90 Å². The van der Waals surface area contributed by atoms with Gasteiger partial charge in [-0.2, -0.15) is 0 Å². The highest BCUT2D eigenvalue weighted by atomic mass is 35.5.